The fraction of sp³-hybridized carbons (Fsp3) is 0.727. The Hall–Kier alpha value is -0.310. The summed E-state index contributed by atoms with van der Waals surface area (Å²) in [5.74, 6) is 0. The smallest absolute Gasteiger partial charge is 0.0630 e. The first-order chi connectivity index (χ1) is 6.65. The highest BCUT2D eigenvalue weighted by atomic mass is 79.9. The van der Waals surface area contributed by atoms with Gasteiger partial charge in [0.05, 0.1) is 5.69 Å². The van der Waals surface area contributed by atoms with Crippen LogP contribution in [0.1, 0.15) is 38.4 Å². The molecule has 1 aliphatic carbocycles. The Bertz CT molecular complexity index is 313. The van der Waals surface area contributed by atoms with E-state index in [9.17, 15) is 0 Å². The molecule has 0 unspecified atom stereocenters. The summed E-state index contributed by atoms with van der Waals surface area (Å²) in [6, 6.07) is 2.63. The molecule has 0 spiro atoms. The molecule has 0 bridgehead atoms. The summed E-state index contributed by atoms with van der Waals surface area (Å²) in [6.45, 7) is 4.32. The summed E-state index contributed by atoms with van der Waals surface area (Å²) in [5, 5.41) is 5.70. The van der Waals surface area contributed by atoms with E-state index in [2.05, 4.69) is 47.1 Å². The summed E-state index contributed by atoms with van der Waals surface area (Å²) in [6.07, 6.45) is 5.93. The van der Waals surface area contributed by atoms with Gasteiger partial charge in [0.15, 0.2) is 0 Å². The average Bonchev–Trinajstić information content (AvgIpc) is 2.75. The zero-order valence-electron chi connectivity index (χ0n) is 8.83. The van der Waals surface area contributed by atoms with Gasteiger partial charge in [-0.3, -0.25) is 4.68 Å². The maximum absolute atomic E-state index is 4.58. The van der Waals surface area contributed by atoms with Crippen molar-refractivity contribution in [1.29, 1.82) is 0 Å². The Morgan fingerprint density at radius 3 is 2.71 bits per heavy atom. The lowest BCUT2D eigenvalue weighted by Crippen LogP contribution is -2.08. The van der Waals surface area contributed by atoms with E-state index in [0.717, 1.165) is 11.8 Å². The molecule has 1 aromatic heterocycles. The number of hydrogen-bond acceptors (Lipinski definition) is 1. The SMILES string of the molecule is CC(C)n1ccc(CC2(CBr)CC2)n1. The quantitative estimate of drug-likeness (QED) is 0.757. The number of aromatic nitrogens is 2. The predicted octanol–water partition coefficient (Wildman–Crippen LogP) is 3.18. The Morgan fingerprint density at radius 1 is 1.57 bits per heavy atom. The number of alkyl halides is 1. The maximum Gasteiger partial charge on any atom is 0.0630 e. The first-order valence-corrected chi connectivity index (χ1v) is 6.37. The predicted molar refractivity (Wildman–Crippen MR) is 61.8 cm³/mol. The van der Waals surface area contributed by atoms with Crippen molar-refractivity contribution in [3.63, 3.8) is 0 Å². The molecular weight excluding hydrogens is 240 g/mol. The van der Waals surface area contributed by atoms with Crippen LogP contribution >= 0.6 is 15.9 Å². The van der Waals surface area contributed by atoms with Crippen LogP contribution in [0.15, 0.2) is 12.3 Å². The molecule has 0 radical (unpaired) electrons. The van der Waals surface area contributed by atoms with Crippen LogP contribution < -0.4 is 0 Å². The highest BCUT2D eigenvalue weighted by Gasteiger charge is 2.41. The molecule has 0 atom stereocenters. The molecule has 14 heavy (non-hydrogen) atoms. The van der Waals surface area contributed by atoms with Crippen LogP contribution in [0.2, 0.25) is 0 Å². The van der Waals surface area contributed by atoms with Gasteiger partial charge in [-0.2, -0.15) is 5.10 Å². The van der Waals surface area contributed by atoms with Crippen LogP contribution in [-0.2, 0) is 6.42 Å². The number of hydrogen-bond donors (Lipinski definition) is 0. The molecule has 78 valence electrons. The lowest BCUT2D eigenvalue weighted by atomic mass is 10.0. The molecular formula is C11H17BrN2. The van der Waals surface area contributed by atoms with E-state index < -0.39 is 0 Å². The largest absolute Gasteiger partial charge is 0.270 e. The van der Waals surface area contributed by atoms with E-state index in [1.54, 1.807) is 0 Å². The molecule has 1 heterocycles. The van der Waals surface area contributed by atoms with Gasteiger partial charge in [-0.15, -0.1) is 0 Å². The summed E-state index contributed by atoms with van der Waals surface area (Å²) in [4.78, 5) is 0. The second kappa shape index (κ2) is 3.69. The van der Waals surface area contributed by atoms with Gasteiger partial charge in [0.2, 0.25) is 0 Å². The Balaban J connectivity index is 2.03. The van der Waals surface area contributed by atoms with Crippen molar-refractivity contribution in [3.05, 3.63) is 18.0 Å². The highest BCUT2D eigenvalue weighted by Crippen LogP contribution is 2.49. The summed E-state index contributed by atoms with van der Waals surface area (Å²) in [5.41, 5.74) is 1.78. The van der Waals surface area contributed by atoms with E-state index in [0.29, 0.717) is 11.5 Å². The second-order valence-electron chi connectivity index (χ2n) is 4.69. The number of halogens is 1. The van der Waals surface area contributed by atoms with Crippen LogP contribution in [0, 0.1) is 5.41 Å². The lowest BCUT2D eigenvalue weighted by Gasteiger charge is -2.08. The van der Waals surface area contributed by atoms with Crippen LogP contribution in [0.25, 0.3) is 0 Å². The minimum absolute atomic E-state index is 0.475. The molecule has 0 saturated heterocycles. The average molecular weight is 257 g/mol. The number of nitrogens with zero attached hydrogens (tertiary/aromatic N) is 2. The van der Waals surface area contributed by atoms with Gasteiger partial charge < -0.3 is 0 Å². The Labute approximate surface area is 93.8 Å². The van der Waals surface area contributed by atoms with Crippen LogP contribution in [-0.4, -0.2) is 15.1 Å². The van der Waals surface area contributed by atoms with Crippen LogP contribution in [0.4, 0.5) is 0 Å². The molecule has 0 amide bonds. The van der Waals surface area contributed by atoms with E-state index in [1.165, 1.54) is 18.5 Å². The molecule has 1 saturated carbocycles. The van der Waals surface area contributed by atoms with E-state index in [-0.39, 0.29) is 0 Å². The first kappa shape index (κ1) is 10.2. The van der Waals surface area contributed by atoms with Gasteiger partial charge in [-0.25, -0.2) is 0 Å². The van der Waals surface area contributed by atoms with Crippen molar-refractivity contribution < 1.29 is 0 Å². The van der Waals surface area contributed by atoms with E-state index >= 15 is 0 Å². The fourth-order valence-electron chi connectivity index (χ4n) is 1.68. The highest BCUT2D eigenvalue weighted by molar-refractivity contribution is 9.09. The van der Waals surface area contributed by atoms with Gasteiger partial charge in [-0.1, -0.05) is 15.9 Å². The Kier molecular flexibility index (Phi) is 2.69. The van der Waals surface area contributed by atoms with Crippen molar-refractivity contribution in [2.24, 2.45) is 5.41 Å². The molecule has 2 nitrogen and oxygen atoms in total. The van der Waals surface area contributed by atoms with Gasteiger partial charge in [0.1, 0.15) is 0 Å². The molecule has 3 heteroatoms. The lowest BCUT2D eigenvalue weighted by molar-refractivity contribution is 0.510. The monoisotopic (exact) mass is 256 g/mol. The third kappa shape index (κ3) is 2.02. The minimum atomic E-state index is 0.475. The summed E-state index contributed by atoms with van der Waals surface area (Å²) >= 11 is 3.59. The molecule has 0 N–H and O–H groups in total. The van der Waals surface area contributed by atoms with Crippen LogP contribution in [0.5, 0.6) is 0 Å². The molecule has 1 aromatic rings. The standard InChI is InChI=1S/C11H17BrN2/c1-9(2)14-6-3-10(13-14)7-11(8-12)4-5-11/h3,6,9H,4-5,7-8H2,1-2H3. The van der Waals surface area contributed by atoms with E-state index in [4.69, 9.17) is 0 Å². The topological polar surface area (TPSA) is 17.8 Å². The second-order valence-corrected chi connectivity index (χ2v) is 5.25. The third-order valence-electron chi connectivity index (χ3n) is 2.99. The first-order valence-electron chi connectivity index (χ1n) is 5.25. The van der Waals surface area contributed by atoms with Crippen molar-refractivity contribution in [2.45, 2.75) is 39.2 Å². The van der Waals surface area contributed by atoms with Gasteiger partial charge in [0.25, 0.3) is 0 Å². The summed E-state index contributed by atoms with van der Waals surface area (Å²) in [7, 11) is 0. The van der Waals surface area contributed by atoms with E-state index in [1.807, 2.05) is 4.68 Å². The van der Waals surface area contributed by atoms with Crippen LogP contribution in [0.3, 0.4) is 0 Å². The molecule has 2 rings (SSSR count). The van der Waals surface area contributed by atoms with Gasteiger partial charge in [0, 0.05) is 17.6 Å². The molecule has 0 aromatic carbocycles. The van der Waals surface area contributed by atoms with Crippen molar-refractivity contribution in [1.82, 2.24) is 9.78 Å². The van der Waals surface area contributed by atoms with Gasteiger partial charge >= 0.3 is 0 Å². The molecule has 1 aliphatic rings. The number of rotatable bonds is 4. The molecule has 1 fully saturated rings. The van der Waals surface area contributed by atoms with Crippen molar-refractivity contribution in [3.8, 4) is 0 Å². The maximum atomic E-state index is 4.58. The fourth-order valence-corrected chi connectivity index (χ4v) is 2.44. The summed E-state index contributed by atoms with van der Waals surface area (Å²) < 4.78 is 2.04. The third-order valence-corrected chi connectivity index (χ3v) is 4.18. The zero-order valence-corrected chi connectivity index (χ0v) is 10.4. The normalized spacial score (nSPS) is 18.9. The van der Waals surface area contributed by atoms with Crippen molar-refractivity contribution >= 4 is 15.9 Å². The zero-order chi connectivity index (χ0) is 10.2. The van der Waals surface area contributed by atoms with Crippen molar-refractivity contribution in [2.75, 3.05) is 5.33 Å². The minimum Gasteiger partial charge on any atom is -0.270 e. The Morgan fingerprint density at radius 2 is 2.29 bits per heavy atom. The van der Waals surface area contributed by atoms with Gasteiger partial charge in [-0.05, 0) is 44.6 Å². The molecule has 0 aliphatic heterocycles.